The van der Waals surface area contributed by atoms with Gasteiger partial charge in [0.05, 0.1) is 20.1 Å². The first-order chi connectivity index (χ1) is 9.08. The molecular formula is C15H23NO3. The Hall–Kier alpha value is -1.39. The standard InChI is InChI=1S/C15H23NO3/c1-12(2)16(8-9-17)11-14-7-5-4-6-13(14)10-15(18)19-3/h4-7,12,17H,8-11H2,1-3H3. The van der Waals surface area contributed by atoms with Crippen molar-refractivity contribution in [3.8, 4) is 0 Å². The van der Waals surface area contributed by atoms with E-state index in [0.29, 0.717) is 12.6 Å². The molecule has 0 saturated carbocycles. The van der Waals surface area contributed by atoms with Gasteiger partial charge in [0.15, 0.2) is 0 Å². The first kappa shape index (κ1) is 15.7. The lowest BCUT2D eigenvalue weighted by molar-refractivity contribution is -0.139. The number of carbonyl (C=O) groups excluding carboxylic acids is 1. The Morgan fingerprint density at radius 2 is 1.95 bits per heavy atom. The lowest BCUT2D eigenvalue weighted by Crippen LogP contribution is -2.33. The highest BCUT2D eigenvalue weighted by Gasteiger charge is 2.13. The van der Waals surface area contributed by atoms with Crippen molar-refractivity contribution in [3.05, 3.63) is 35.4 Å². The fourth-order valence-corrected chi connectivity index (χ4v) is 1.98. The number of aliphatic hydroxyl groups is 1. The molecule has 0 saturated heterocycles. The summed E-state index contributed by atoms with van der Waals surface area (Å²) in [6.45, 7) is 5.68. The largest absolute Gasteiger partial charge is 0.469 e. The second-order valence-electron chi connectivity index (χ2n) is 4.81. The molecule has 0 radical (unpaired) electrons. The highest BCUT2D eigenvalue weighted by atomic mass is 16.5. The molecule has 0 aromatic heterocycles. The van der Waals surface area contributed by atoms with Crippen LogP contribution in [0.4, 0.5) is 0 Å². The Morgan fingerprint density at radius 3 is 2.47 bits per heavy atom. The zero-order chi connectivity index (χ0) is 14.3. The number of rotatable bonds is 7. The van der Waals surface area contributed by atoms with E-state index in [0.717, 1.165) is 17.7 Å². The fraction of sp³-hybridized carbons (Fsp3) is 0.533. The van der Waals surface area contributed by atoms with E-state index in [-0.39, 0.29) is 19.0 Å². The van der Waals surface area contributed by atoms with Crippen LogP contribution in [0.5, 0.6) is 0 Å². The molecule has 4 heteroatoms. The Morgan fingerprint density at radius 1 is 1.32 bits per heavy atom. The van der Waals surface area contributed by atoms with Gasteiger partial charge in [-0.15, -0.1) is 0 Å². The Kier molecular flexibility index (Phi) is 6.53. The maximum absolute atomic E-state index is 11.4. The second kappa shape index (κ2) is 7.92. The number of nitrogens with zero attached hydrogens (tertiary/aromatic N) is 1. The average Bonchev–Trinajstić information content (AvgIpc) is 2.40. The summed E-state index contributed by atoms with van der Waals surface area (Å²) < 4.78 is 4.72. The molecule has 0 aliphatic heterocycles. The number of methoxy groups -OCH3 is 1. The zero-order valence-electron chi connectivity index (χ0n) is 11.9. The lowest BCUT2D eigenvalue weighted by atomic mass is 10.0. The van der Waals surface area contributed by atoms with E-state index in [4.69, 9.17) is 9.84 Å². The third kappa shape index (κ3) is 5.01. The summed E-state index contributed by atoms with van der Waals surface area (Å²) in [4.78, 5) is 13.6. The molecule has 0 aliphatic carbocycles. The van der Waals surface area contributed by atoms with E-state index in [1.807, 2.05) is 24.3 Å². The van der Waals surface area contributed by atoms with Gasteiger partial charge in [0.2, 0.25) is 0 Å². The van der Waals surface area contributed by atoms with E-state index in [2.05, 4.69) is 18.7 Å². The molecule has 0 spiro atoms. The van der Waals surface area contributed by atoms with E-state index < -0.39 is 0 Å². The summed E-state index contributed by atoms with van der Waals surface area (Å²) in [6, 6.07) is 8.20. The number of hydrogen-bond acceptors (Lipinski definition) is 4. The second-order valence-corrected chi connectivity index (χ2v) is 4.81. The average molecular weight is 265 g/mol. The predicted octanol–water partition coefficient (Wildman–Crippen LogP) is 1.60. The van der Waals surface area contributed by atoms with Crippen molar-refractivity contribution >= 4 is 5.97 Å². The van der Waals surface area contributed by atoms with E-state index >= 15 is 0 Å². The van der Waals surface area contributed by atoms with Crippen molar-refractivity contribution in [2.24, 2.45) is 0 Å². The summed E-state index contributed by atoms with van der Waals surface area (Å²) >= 11 is 0. The van der Waals surface area contributed by atoms with Crippen molar-refractivity contribution < 1.29 is 14.6 Å². The minimum Gasteiger partial charge on any atom is -0.469 e. The summed E-state index contributed by atoms with van der Waals surface area (Å²) in [5.41, 5.74) is 2.09. The zero-order valence-corrected chi connectivity index (χ0v) is 11.9. The van der Waals surface area contributed by atoms with Gasteiger partial charge in [-0.1, -0.05) is 24.3 Å². The van der Waals surface area contributed by atoms with Crippen LogP contribution >= 0.6 is 0 Å². The quantitative estimate of drug-likeness (QED) is 0.761. The van der Waals surface area contributed by atoms with Crippen LogP contribution in [0.1, 0.15) is 25.0 Å². The van der Waals surface area contributed by atoms with Crippen LogP contribution in [0, 0.1) is 0 Å². The Bertz CT molecular complexity index is 404. The summed E-state index contributed by atoms with van der Waals surface area (Å²) in [5.74, 6) is -0.231. The molecule has 106 valence electrons. The van der Waals surface area contributed by atoms with Crippen molar-refractivity contribution in [3.63, 3.8) is 0 Å². The normalized spacial score (nSPS) is 11.1. The number of hydrogen-bond donors (Lipinski definition) is 1. The highest BCUT2D eigenvalue weighted by molar-refractivity contribution is 5.72. The first-order valence-electron chi connectivity index (χ1n) is 6.57. The van der Waals surface area contributed by atoms with Gasteiger partial charge < -0.3 is 9.84 Å². The fourth-order valence-electron chi connectivity index (χ4n) is 1.98. The number of carbonyl (C=O) groups is 1. The van der Waals surface area contributed by atoms with E-state index in [1.54, 1.807) is 0 Å². The minimum absolute atomic E-state index is 0.136. The van der Waals surface area contributed by atoms with Gasteiger partial charge in [-0.05, 0) is 25.0 Å². The van der Waals surface area contributed by atoms with Crippen LogP contribution in [-0.4, -0.2) is 42.3 Å². The molecule has 1 aromatic carbocycles. The Balaban J connectivity index is 2.84. The van der Waals surface area contributed by atoms with Crippen molar-refractivity contribution in [1.29, 1.82) is 0 Å². The number of benzene rings is 1. The number of esters is 1. The highest BCUT2D eigenvalue weighted by Crippen LogP contribution is 2.14. The number of aliphatic hydroxyl groups excluding tert-OH is 1. The SMILES string of the molecule is COC(=O)Cc1ccccc1CN(CCO)C(C)C. The molecule has 0 atom stereocenters. The molecule has 1 aromatic rings. The smallest absolute Gasteiger partial charge is 0.309 e. The lowest BCUT2D eigenvalue weighted by Gasteiger charge is -2.26. The molecule has 0 bridgehead atoms. The third-order valence-electron chi connectivity index (χ3n) is 3.17. The van der Waals surface area contributed by atoms with Crippen LogP contribution < -0.4 is 0 Å². The third-order valence-corrected chi connectivity index (χ3v) is 3.17. The molecule has 1 rings (SSSR count). The molecule has 0 unspecified atom stereocenters. The van der Waals surface area contributed by atoms with Gasteiger partial charge in [0, 0.05) is 19.1 Å². The molecule has 0 amide bonds. The molecule has 0 heterocycles. The van der Waals surface area contributed by atoms with Crippen LogP contribution in [0.3, 0.4) is 0 Å². The summed E-state index contributed by atoms with van der Waals surface area (Å²) in [6.07, 6.45) is 0.289. The van der Waals surface area contributed by atoms with Crippen LogP contribution in [0.15, 0.2) is 24.3 Å². The maximum atomic E-state index is 11.4. The predicted molar refractivity (Wildman–Crippen MR) is 74.8 cm³/mol. The van der Waals surface area contributed by atoms with Crippen LogP contribution in [-0.2, 0) is 22.5 Å². The van der Waals surface area contributed by atoms with E-state index in [9.17, 15) is 4.79 Å². The molecule has 19 heavy (non-hydrogen) atoms. The van der Waals surface area contributed by atoms with Crippen molar-refractivity contribution in [2.75, 3.05) is 20.3 Å². The molecule has 0 fully saturated rings. The van der Waals surface area contributed by atoms with Gasteiger partial charge in [-0.25, -0.2) is 0 Å². The monoisotopic (exact) mass is 265 g/mol. The van der Waals surface area contributed by atoms with Crippen molar-refractivity contribution in [2.45, 2.75) is 32.9 Å². The summed E-state index contributed by atoms with van der Waals surface area (Å²) in [5, 5.41) is 9.10. The molecule has 4 nitrogen and oxygen atoms in total. The molecular weight excluding hydrogens is 242 g/mol. The molecule has 1 N–H and O–H groups in total. The Labute approximate surface area is 115 Å². The van der Waals surface area contributed by atoms with Crippen LogP contribution in [0.25, 0.3) is 0 Å². The first-order valence-corrected chi connectivity index (χ1v) is 6.57. The van der Waals surface area contributed by atoms with Gasteiger partial charge >= 0.3 is 5.97 Å². The topological polar surface area (TPSA) is 49.8 Å². The van der Waals surface area contributed by atoms with E-state index in [1.165, 1.54) is 7.11 Å². The van der Waals surface area contributed by atoms with Gasteiger partial charge in [0.25, 0.3) is 0 Å². The van der Waals surface area contributed by atoms with Crippen LogP contribution in [0.2, 0.25) is 0 Å². The van der Waals surface area contributed by atoms with Gasteiger partial charge in [0.1, 0.15) is 0 Å². The van der Waals surface area contributed by atoms with Gasteiger partial charge in [-0.3, -0.25) is 9.69 Å². The molecule has 0 aliphatic rings. The van der Waals surface area contributed by atoms with Crippen molar-refractivity contribution in [1.82, 2.24) is 4.90 Å². The maximum Gasteiger partial charge on any atom is 0.309 e. The minimum atomic E-state index is -0.231. The summed E-state index contributed by atoms with van der Waals surface area (Å²) in [7, 11) is 1.40. The number of ether oxygens (including phenoxy) is 1. The van der Waals surface area contributed by atoms with Gasteiger partial charge in [-0.2, -0.15) is 0 Å².